The number of aromatic nitrogens is 3. The van der Waals surface area contributed by atoms with Gasteiger partial charge in [0.2, 0.25) is 0 Å². The third kappa shape index (κ3) is 2.60. The van der Waals surface area contributed by atoms with Crippen LogP contribution in [0.15, 0.2) is 12.5 Å². The lowest BCUT2D eigenvalue weighted by atomic mass is 10.1. The van der Waals surface area contributed by atoms with Crippen LogP contribution >= 0.6 is 0 Å². The monoisotopic (exact) mass is 249 g/mol. The van der Waals surface area contributed by atoms with Crippen LogP contribution in [0.2, 0.25) is 0 Å². The molecule has 0 aliphatic rings. The SMILES string of the molecule is CCC[C@@H](CO)NCc1c[nH]c2c(N)ncnc12. The highest BCUT2D eigenvalue weighted by Crippen LogP contribution is 2.18. The van der Waals surface area contributed by atoms with Crippen LogP contribution in [0.25, 0.3) is 11.0 Å². The molecule has 6 heteroatoms. The van der Waals surface area contributed by atoms with Gasteiger partial charge in [0.25, 0.3) is 0 Å². The van der Waals surface area contributed by atoms with Gasteiger partial charge in [-0.15, -0.1) is 0 Å². The van der Waals surface area contributed by atoms with Crippen LogP contribution < -0.4 is 11.1 Å². The molecule has 0 radical (unpaired) electrons. The Kier molecular flexibility index (Phi) is 4.11. The predicted molar refractivity (Wildman–Crippen MR) is 70.9 cm³/mol. The summed E-state index contributed by atoms with van der Waals surface area (Å²) in [5.41, 5.74) is 8.40. The summed E-state index contributed by atoms with van der Waals surface area (Å²) in [4.78, 5) is 11.2. The first-order chi connectivity index (χ1) is 8.76. The van der Waals surface area contributed by atoms with E-state index >= 15 is 0 Å². The minimum absolute atomic E-state index is 0.124. The number of nitrogens with zero attached hydrogens (tertiary/aromatic N) is 2. The van der Waals surface area contributed by atoms with Gasteiger partial charge >= 0.3 is 0 Å². The maximum atomic E-state index is 9.23. The summed E-state index contributed by atoms with van der Waals surface area (Å²) in [6.45, 7) is 2.90. The average Bonchev–Trinajstić information content (AvgIpc) is 2.79. The minimum Gasteiger partial charge on any atom is -0.395 e. The Morgan fingerprint density at radius 1 is 1.50 bits per heavy atom. The summed E-state index contributed by atoms with van der Waals surface area (Å²) < 4.78 is 0. The molecule has 2 aromatic heterocycles. The van der Waals surface area contributed by atoms with Gasteiger partial charge in [0.05, 0.1) is 12.1 Å². The molecule has 0 aromatic carbocycles. The summed E-state index contributed by atoms with van der Waals surface area (Å²) in [5.74, 6) is 0.457. The van der Waals surface area contributed by atoms with Crippen LogP contribution in [-0.4, -0.2) is 32.7 Å². The van der Waals surface area contributed by atoms with E-state index in [1.807, 2.05) is 6.20 Å². The van der Waals surface area contributed by atoms with Crippen LogP contribution in [0.4, 0.5) is 5.82 Å². The van der Waals surface area contributed by atoms with Crippen molar-refractivity contribution in [2.75, 3.05) is 12.3 Å². The fourth-order valence-corrected chi connectivity index (χ4v) is 2.01. The second-order valence-electron chi connectivity index (χ2n) is 4.35. The lowest BCUT2D eigenvalue weighted by Crippen LogP contribution is -2.31. The molecule has 2 rings (SSSR count). The first kappa shape index (κ1) is 12.8. The van der Waals surface area contributed by atoms with Crippen LogP contribution in [0.1, 0.15) is 25.3 Å². The van der Waals surface area contributed by atoms with Gasteiger partial charge in [0.1, 0.15) is 11.8 Å². The second-order valence-corrected chi connectivity index (χ2v) is 4.35. The highest BCUT2D eigenvalue weighted by Gasteiger charge is 2.10. The number of aliphatic hydroxyl groups is 1. The van der Waals surface area contributed by atoms with Gasteiger partial charge in [-0.1, -0.05) is 13.3 Å². The van der Waals surface area contributed by atoms with Gasteiger partial charge in [-0.3, -0.25) is 0 Å². The molecule has 6 nitrogen and oxygen atoms in total. The van der Waals surface area contributed by atoms with Gasteiger partial charge in [0, 0.05) is 24.3 Å². The molecule has 0 aliphatic heterocycles. The molecule has 98 valence electrons. The molecule has 0 amide bonds. The lowest BCUT2D eigenvalue weighted by Gasteiger charge is -2.14. The molecule has 0 aliphatic carbocycles. The van der Waals surface area contributed by atoms with Crippen LogP contribution in [0, 0.1) is 0 Å². The first-order valence-electron chi connectivity index (χ1n) is 6.17. The Morgan fingerprint density at radius 2 is 2.33 bits per heavy atom. The summed E-state index contributed by atoms with van der Waals surface area (Å²) in [7, 11) is 0. The predicted octanol–water partition coefficient (Wildman–Crippen LogP) is 0.791. The molecule has 0 spiro atoms. The number of rotatable bonds is 6. The standard InChI is InChI=1S/C12H19N5O/c1-2-3-9(6-18)14-4-8-5-15-11-10(8)16-7-17-12(11)13/h5,7,9,14-15,18H,2-4,6H2,1H3,(H2,13,16,17)/t9-/m0/s1. The van der Waals surface area contributed by atoms with E-state index in [1.54, 1.807) is 0 Å². The van der Waals surface area contributed by atoms with E-state index in [1.165, 1.54) is 6.33 Å². The van der Waals surface area contributed by atoms with Crippen LogP contribution in [-0.2, 0) is 6.54 Å². The van der Waals surface area contributed by atoms with E-state index < -0.39 is 0 Å². The van der Waals surface area contributed by atoms with E-state index in [0.717, 1.165) is 29.4 Å². The second kappa shape index (κ2) is 5.79. The van der Waals surface area contributed by atoms with Gasteiger partial charge in [-0.05, 0) is 6.42 Å². The first-order valence-corrected chi connectivity index (χ1v) is 6.17. The van der Waals surface area contributed by atoms with Crippen LogP contribution in [0.3, 0.4) is 0 Å². The fraction of sp³-hybridized carbons (Fsp3) is 0.500. The van der Waals surface area contributed by atoms with Crippen molar-refractivity contribution in [3.63, 3.8) is 0 Å². The van der Waals surface area contributed by atoms with Crippen molar-refractivity contribution in [1.82, 2.24) is 20.3 Å². The Labute approximate surface area is 106 Å². The quantitative estimate of drug-likeness (QED) is 0.606. The molecule has 0 saturated carbocycles. The molecule has 5 N–H and O–H groups in total. The van der Waals surface area contributed by atoms with Gasteiger partial charge in [-0.2, -0.15) is 0 Å². The minimum atomic E-state index is 0.124. The normalized spacial score (nSPS) is 13.0. The highest BCUT2D eigenvalue weighted by atomic mass is 16.3. The zero-order chi connectivity index (χ0) is 13.0. The summed E-state index contributed by atoms with van der Waals surface area (Å²) in [6, 6.07) is 0.124. The number of nitrogens with two attached hydrogens (primary N) is 1. The van der Waals surface area contributed by atoms with E-state index in [9.17, 15) is 5.11 Å². The largest absolute Gasteiger partial charge is 0.395 e. The molecule has 0 fully saturated rings. The number of fused-ring (bicyclic) bond motifs is 1. The van der Waals surface area contributed by atoms with Crippen molar-refractivity contribution in [3.8, 4) is 0 Å². The molecular formula is C12H19N5O. The number of nitrogen functional groups attached to an aromatic ring is 1. The third-order valence-electron chi connectivity index (χ3n) is 3.01. The lowest BCUT2D eigenvalue weighted by molar-refractivity contribution is 0.234. The smallest absolute Gasteiger partial charge is 0.151 e. The van der Waals surface area contributed by atoms with E-state index in [0.29, 0.717) is 12.4 Å². The maximum absolute atomic E-state index is 9.23. The molecule has 0 saturated heterocycles. The summed E-state index contributed by atoms with van der Waals surface area (Å²) >= 11 is 0. The number of anilines is 1. The fourth-order valence-electron chi connectivity index (χ4n) is 2.01. The highest BCUT2D eigenvalue weighted by molar-refractivity contribution is 5.86. The summed E-state index contributed by atoms with van der Waals surface area (Å²) in [6.07, 6.45) is 5.34. The Morgan fingerprint density at radius 3 is 3.06 bits per heavy atom. The van der Waals surface area contributed by atoms with Gasteiger partial charge in [-0.25, -0.2) is 9.97 Å². The van der Waals surface area contributed by atoms with Crippen molar-refractivity contribution in [3.05, 3.63) is 18.1 Å². The van der Waals surface area contributed by atoms with Gasteiger partial charge in [0.15, 0.2) is 5.82 Å². The number of hydrogen-bond donors (Lipinski definition) is 4. The van der Waals surface area contributed by atoms with Gasteiger partial charge < -0.3 is 21.1 Å². The molecule has 0 unspecified atom stereocenters. The number of nitrogens with one attached hydrogen (secondary N) is 2. The maximum Gasteiger partial charge on any atom is 0.151 e. The van der Waals surface area contributed by atoms with E-state index in [-0.39, 0.29) is 12.6 Å². The average molecular weight is 249 g/mol. The summed E-state index contributed by atoms with van der Waals surface area (Å²) in [5, 5.41) is 12.5. The topological polar surface area (TPSA) is 99.8 Å². The Hall–Kier alpha value is -1.66. The molecule has 2 heterocycles. The molecule has 0 bridgehead atoms. The molecular weight excluding hydrogens is 230 g/mol. The van der Waals surface area contributed by atoms with Crippen LogP contribution in [0.5, 0.6) is 0 Å². The Balaban J connectivity index is 2.10. The van der Waals surface area contributed by atoms with Crippen molar-refractivity contribution >= 4 is 16.9 Å². The number of H-pyrrole nitrogens is 1. The van der Waals surface area contributed by atoms with Crippen molar-refractivity contribution in [2.45, 2.75) is 32.4 Å². The Bertz CT molecular complexity index is 510. The number of hydrogen-bond acceptors (Lipinski definition) is 5. The van der Waals surface area contributed by atoms with E-state index in [4.69, 9.17) is 5.73 Å². The zero-order valence-electron chi connectivity index (χ0n) is 10.5. The number of aliphatic hydroxyl groups excluding tert-OH is 1. The molecule has 18 heavy (non-hydrogen) atoms. The third-order valence-corrected chi connectivity index (χ3v) is 3.01. The number of aromatic amines is 1. The van der Waals surface area contributed by atoms with E-state index in [2.05, 4.69) is 27.2 Å². The molecule has 2 aromatic rings. The molecule has 1 atom stereocenters. The zero-order valence-corrected chi connectivity index (χ0v) is 10.5. The van der Waals surface area contributed by atoms with Crippen molar-refractivity contribution in [1.29, 1.82) is 0 Å². The van der Waals surface area contributed by atoms with Crippen molar-refractivity contribution in [2.24, 2.45) is 0 Å². The van der Waals surface area contributed by atoms with Crippen molar-refractivity contribution < 1.29 is 5.11 Å².